The maximum absolute atomic E-state index is 2.58. The van der Waals surface area contributed by atoms with Gasteiger partial charge in [-0.3, -0.25) is 0 Å². The lowest BCUT2D eigenvalue weighted by Crippen LogP contribution is -2.12. The molecule has 0 spiro atoms. The maximum atomic E-state index is 2.58. The minimum Gasteiger partial charge on any atom is -0.309 e. The van der Waals surface area contributed by atoms with Crippen molar-refractivity contribution in [1.82, 2.24) is 4.90 Å². The van der Waals surface area contributed by atoms with Gasteiger partial charge in [0.15, 0.2) is 0 Å². The molecule has 0 aromatic heterocycles. The van der Waals surface area contributed by atoms with E-state index in [4.69, 9.17) is 0 Å². The summed E-state index contributed by atoms with van der Waals surface area (Å²) in [6.07, 6.45) is 57.5. The molecule has 0 N–H and O–H groups in total. The second kappa shape index (κ2) is 36.8. The molecule has 0 aliphatic heterocycles. The van der Waals surface area contributed by atoms with E-state index in [1.54, 1.807) is 5.57 Å². The van der Waals surface area contributed by atoms with Gasteiger partial charge in [-0.25, -0.2) is 0 Å². The van der Waals surface area contributed by atoms with Crippen LogP contribution in [0.3, 0.4) is 0 Å². The fraction of sp³-hybridized carbons (Fsp3) is 0.762. The van der Waals surface area contributed by atoms with Crippen molar-refractivity contribution in [2.24, 2.45) is 0 Å². The average molecular weight is 596 g/mol. The van der Waals surface area contributed by atoms with Gasteiger partial charge in [0.1, 0.15) is 0 Å². The van der Waals surface area contributed by atoms with Crippen molar-refractivity contribution in [1.29, 1.82) is 0 Å². The molecule has 0 radical (unpaired) electrons. The standard InChI is InChI=1S/C42H77N/c1-5-7-9-11-13-15-17-19-21-23-25-27-29-31-33-35-38-42(40-37-41-43(3)4)39-36-34-32-30-28-26-24-22-20-18-16-14-12-10-8-6-2/h13-16,19-22,40H,5-12,17-18,23-39,41H2,1-4H3/b15-13-,16-14?,21-19-,22-20?,42-40?. The Morgan fingerprint density at radius 1 is 0.395 bits per heavy atom. The van der Waals surface area contributed by atoms with E-state index in [1.165, 1.54) is 167 Å². The first-order valence-electron chi connectivity index (χ1n) is 19.1. The van der Waals surface area contributed by atoms with Crippen LogP contribution in [-0.4, -0.2) is 25.5 Å². The fourth-order valence-corrected chi connectivity index (χ4v) is 5.54. The third-order valence-electron chi connectivity index (χ3n) is 8.41. The maximum Gasteiger partial charge on any atom is 0.000990 e. The normalized spacial score (nSPS) is 12.9. The molecular formula is C42H77N. The van der Waals surface area contributed by atoms with E-state index in [1.807, 2.05) is 0 Å². The Morgan fingerprint density at radius 2 is 0.744 bits per heavy atom. The van der Waals surface area contributed by atoms with Gasteiger partial charge in [-0.05, 0) is 110 Å². The highest BCUT2D eigenvalue weighted by Crippen LogP contribution is 2.19. The highest BCUT2D eigenvalue weighted by molar-refractivity contribution is 5.02. The largest absolute Gasteiger partial charge is 0.309 e. The summed E-state index contributed by atoms with van der Waals surface area (Å²) in [5, 5.41) is 0. The molecule has 0 fully saturated rings. The minimum absolute atomic E-state index is 1.12. The van der Waals surface area contributed by atoms with E-state index in [2.05, 4.69) is 87.5 Å². The SMILES string of the molecule is CCCCCC=CCC=CCCCCCCCCC(=CCCN(C)C)CCCCCCCC/C=C\C/C=C\CCCCC. The molecule has 0 amide bonds. The number of nitrogens with zero attached hydrogens (tertiary/aromatic N) is 1. The molecule has 250 valence electrons. The van der Waals surface area contributed by atoms with Gasteiger partial charge in [-0.2, -0.15) is 0 Å². The summed E-state index contributed by atoms with van der Waals surface area (Å²) >= 11 is 0. The smallest absolute Gasteiger partial charge is 0.000990 e. The van der Waals surface area contributed by atoms with Crippen molar-refractivity contribution >= 4 is 0 Å². The molecule has 0 saturated heterocycles. The Kier molecular flexibility index (Phi) is 35.7. The molecule has 43 heavy (non-hydrogen) atoms. The van der Waals surface area contributed by atoms with Gasteiger partial charge >= 0.3 is 0 Å². The van der Waals surface area contributed by atoms with Crippen LogP contribution >= 0.6 is 0 Å². The van der Waals surface area contributed by atoms with Crippen molar-refractivity contribution in [3.8, 4) is 0 Å². The van der Waals surface area contributed by atoms with Gasteiger partial charge in [-0.1, -0.05) is 151 Å². The monoisotopic (exact) mass is 596 g/mol. The quantitative estimate of drug-likeness (QED) is 0.0539. The predicted octanol–water partition coefficient (Wildman–Crippen LogP) is 14.3. The lowest BCUT2D eigenvalue weighted by molar-refractivity contribution is 0.416. The second-order valence-electron chi connectivity index (χ2n) is 13.1. The fourth-order valence-electron chi connectivity index (χ4n) is 5.54. The van der Waals surface area contributed by atoms with Crippen LogP contribution in [-0.2, 0) is 0 Å². The number of unbranched alkanes of at least 4 members (excludes halogenated alkanes) is 18. The van der Waals surface area contributed by atoms with Crippen molar-refractivity contribution < 1.29 is 0 Å². The van der Waals surface area contributed by atoms with Crippen LogP contribution in [0.1, 0.15) is 187 Å². The van der Waals surface area contributed by atoms with Gasteiger partial charge in [0, 0.05) is 6.54 Å². The topological polar surface area (TPSA) is 3.24 Å². The molecule has 0 unspecified atom stereocenters. The number of hydrogen-bond donors (Lipinski definition) is 0. The zero-order valence-electron chi connectivity index (χ0n) is 29.9. The summed E-state index contributed by atoms with van der Waals surface area (Å²) in [5.41, 5.74) is 1.75. The van der Waals surface area contributed by atoms with Crippen molar-refractivity contribution in [2.45, 2.75) is 187 Å². The number of allylic oxidation sites excluding steroid dienone is 9. The van der Waals surface area contributed by atoms with E-state index in [9.17, 15) is 0 Å². The van der Waals surface area contributed by atoms with Crippen LogP contribution in [0.5, 0.6) is 0 Å². The molecule has 0 aromatic carbocycles. The summed E-state index contributed by atoms with van der Waals surface area (Å²) in [5.74, 6) is 0. The van der Waals surface area contributed by atoms with Crippen LogP contribution in [0, 0.1) is 0 Å². The summed E-state index contributed by atoms with van der Waals surface area (Å²) < 4.78 is 0. The zero-order valence-corrected chi connectivity index (χ0v) is 29.9. The molecule has 0 rings (SSSR count). The van der Waals surface area contributed by atoms with Gasteiger partial charge in [-0.15, -0.1) is 0 Å². The Bertz CT molecular complexity index is 627. The number of rotatable bonds is 33. The first kappa shape index (κ1) is 41.7. The van der Waals surface area contributed by atoms with E-state index in [0.717, 1.165) is 12.8 Å². The molecule has 0 aliphatic carbocycles. The van der Waals surface area contributed by atoms with E-state index >= 15 is 0 Å². The predicted molar refractivity (Wildman–Crippen MR) is 199 cm³/mol. The highest BCUT2D eigenvalue weighted by Gasteiger charge is 2.01. The van der Waals surface area contributed by atoms with Crippen LogP contribution in [0.4, 0.5) is 0 Å². The Balaban J connectivity index is 3.82. The van der Waals surface area contributed by atoms with E-state index in [-0.39, 0.29) is 0 Å². The molecule has 0 aromatic rings. The van der Waals surface area contributed by atoms with Gasteiger partial charge in [0.25, 0.3) is 0 Å². The summed E-state index contributed by atoms with van der Waals surface area (Å²) in [6, 6.07) is 0. The summed E-state index contributed by atoms with van der Waals surface area (Å²) in [4.78, 5) is 2.31. The van der Waals surface area contributed by atoms with Crippen molar-refractivity contribution in [2.75, 3.05) is 20.6 Å². The van der Waals surface area contributed by atoms with Crippen molar-refractivity contribution in [3.05, 3.63) is 60.3 Å². The van der Waals surface area contributed by atoms with Crippen LogP contribution < -0.4 is 0 Å². The van der Waals surface area contributed by atoms with Gasteiger partial charge in [0.2, 0.25) is 0 Å². The lowest BCUT2D eigenvalue weighted by atomic mass is 9.98. The molecule has 1 heteroatoms. The molecule has 1 nitrogen and oxygen atoms in total. The van der Waals surface area contributed by atoms with Crippen molar-refractivity contribution in [3.63, 3.8) is 0 Å². The third-order valence-corrected chi connectivity index (χ3v) is 8.41. The minimum atomic E-state index is 1.12. The van der Waals surface area contributed by atoms with Gasteiger partial charge in [0.05, 0.1) is 0 Å². The molecule has 0 heterocycles. The average Bonchev–Trinajstić information content (AvgIpc) is 3.00. The first-order valence-corrected chi connectivity index (χ1v) is 19.1. The lowest BCUT2D eigenvalue weighted by Gasteiger charge is -2.11. The molecule has 0 atom stereocenters. The van der Waals surface area contributed by atoms with E-state index in [0.29, 0.717) is 0 Å². The Hall–Kier alpha value is -1.34. The third kappa shape index (κ3) is 36.8. The first-order chi connectivity index (χ1) is 21.2. The number of hydrogen-bond acceptors (Lipinski definition) is 1. The second-order valence-corrected chi connectivity index (χ2v) is 13.1. The molecular weight excluding hydrogens is 518 g/mol. The summed E-state index contributed by atoms with van der Waals surface area (Å²) in [7, 11) is 4.39. The van der Waals surface area contributed by atoms with Gasteiger partial charge < -0.3 is 4.90 Å². The Labute approximate surface area is 272 Å². The van der Waals surface area contributed by atoms with Crippen LogP contribution in [0.15, 0.2) is 60.3 Å². The molecule has 0 saturated carbocycles. The Morgan fingerprint density at radius 3 is 1.12 bits per heavy atom. The highest BCUT2D eigenvalue weighted by atomic mass is 15.0. The zero-order chi connectivity index (χ0) is 31.3. The molecule has 0 aliphatic rings. The molecule has 0 bridgehead atoms. The van der Waals surface area contributed by atoms with Crippen LogP contribution in [0.2, 0.25) is 0 Å². The van der Waals surface area contributed by atoms with E-state index < -0.39 is 0 Å². The van der Waals surface area contributed by atoms with Crippen LogP contribution in [0.25, 0.3) is 0 Å². The summed E-state index contributed by atoms with van der Waals surface area (Å²) in [6.45, 7) is 5.72.